The zero-order valence-electron chi connectivity index (χ0n) is 10.9. The second kappa shape index (κ2) is 5.35. The van der Waals surface area contributed by atoms with Crippen LogP contribution in [0.15, 0.2) is 34.8 Å². The largest absolute Gasteiger partial charge is 0.353 e. The number of aromatic nitrogens is 2. The molecule has 1 N–H and O–H groups in total. The molecule has 1 aliphatic rings. The molecule has 2 heterocycles. The second-order valence-electron chi connectivity index (χ2n) is 4.76. The zero-order chi connectivity index (χ0) is 13.2. The quantitative estimate of drug-likeness (QED) is 0.921. The molecule has 2 aromatic rings. The zero-order valence-corrected chi connectivity index (χ0v) is 12.5. The summed E-state index contributed by atoms with van der Waals surface area (Å²) < 4.78 is 3.06. The smallest absolute Gasteiger partial charge is 0.151 e. The highest BCUT2D eigenvalue weighted by Crippen LogP contribution is 2.25. The van der Waals surface area contributed by atoms with E-state index < -0.39 is 0 Å². The normalized spacial score (nSPS) is 15.8. The van der Waals surface area contributed by atoms with Crippen LogP contribution in [-0.2, 0) is 7.05 Å². The molecule has 1 fully saturated rings. The maximum absolute atomic E-state index is 4.64. The monoisotopic (exact) mass is 320 g/mol. The van der Waals surface area contributed by atoms with Gasteiger partial charge in [-0.05, 0) is 17.7 Å². The number of hydrogen-bond acceptors (Lipinski definition) is 3. The highest BCUT2D eigenvalue weighted by Gasteiger charge is 2.15. The lowest BCUT2D eigenvalue weighted by molar-refractivity contribution is 0.581. The summed E-state index contributed by atoms with van der Waals surface area (Å²) in [7, 11) is 2.00. The van der Waals surface area contributed by atoms with Crippen LogP contribution in [0.2, 0.25) is 0 Å². The third-order valence-electron chi connectivity index (χ3n) is 3.45. The van der Waals surface area contributed by atoms with Crippen molar-refractivity contribution in [3.63, 3.8) is 0 Å². The number of nitrogens with zero attached hydrogens (tertiary/aromatic N) is 3. The fraction of sp³-hybridized carbons (Fsp3) is 0.357. The molecule has 0 aliphatic carbocycles. The van der Waals surface area contributed by atoms with Crippen LogP contribution in [0.4, 0.5) is 5.82 Å². The molecule has 19 heavy (non-hydrogen) atoms. The number of halogens is 1. The Hall–Kier alpha value is -1.33. The van der Waals surface area contributed by atoms with Crippen LogP contribution >= 0.6 is 15.9 Å². The molecule has 0 unspecified atom stereocenters. The number of aryl methyl sites for hydroxylation is 1. The molecular formula is C14H17BrN4. The average Bonchev–Trinajstić information content (AvgIpc) is 2.83. The molecule has 1 aromatic heterocycles. The Morgan fingerprint density at radius 2 is 1.84 bits per heavy atom. The van der Waals surface area contributed by atoms with E-state index in [4.69, 9.17) is 0 Å². The third-order valence-corrected chi connectivity index (χ3v) is 3.98. The molecule has 0 bridgehead atoms. The topological polar surface area (TPSA) is 33.1 Å². The van der Waals surface area contributed by atoms with E-state index >= 15 is 0 Å². The fourth-order valence-electron chi connectivity index (χ4n) is 2.39. The van der Waals surface area contributed by atoms with Crippen molar-refractivity contribution in [3.8, 4) is 11.3 Å². The minimum atomic E-state index is 1.02. The number of benzene rings is 1. The lowest BCUT2D eigenvalue weighted by Gasteiger charge is -2.27. The van der Waals surface area contributed by atoms with Crippen molar-refractivity contribution < 1.29 is 0 Å². The van der Waals surface area contributed by atoms with E-state index in [2.05, 4.69) is 61.6 Å². The Bertz CT molecular complexity index is 555. The van der Waals surface area contributed by atoms with E-state index in [1.54, 1.807) is 0 Å². The molecule has 0 amide bonds. The Morgan fingerprint density at radius 3 is 2.53 bits per heavy atom. The summed E-state index contributed by atoms with van der Waals surface area (Å²) in [5.74, 6) is 1.07. The van der Waals surface area contributed by atoms with Crippen molar-refractivity contribution in [1.82, 2.24) is 15.1 Å². The predicted molar refractivity (Wildman–Crippen MR) is 81.4 cm³/mol. The van der Waals surface area contributed by atoms with Crippen LogP contribution in [0.25, 0.3) is 11.3 Å². The van der Waals surface area contributed by atoms with Gasteiger partial charge in [0.25, 0.3) is 0 Å². The van der Waals surface area contributed by atoms with Gasteiger partial charge in [0, 0.05) is 43.8 Å². The van der Waals surface area contributed by atoms with Gasteiger partial charge in [-0.2, -0.15) is 5.10 Å². The summed E-state index contributed by atoms with van der Waals surface area (Å²) >= 11 is 3.47. The number of nitrogens with one attached hydrogen (secondary N) is 1. The minimum absolute atomic E-state index is 1.02. The van der Waals surface area contributed by atoms with E-state index in [9.17, 15) is 0 Å². The van der Waals surface area contributed by atoms with Crippen molar-refractivity contribution in [1.29, 1.82) is 0 Å². The maximum Gasteiger partial charge on any atom is 0.151 e. The Labute approximate surface area is 121 Å². The predicted octanol–water partition coefficient (Wildman–Crippen LogP) is 2.26. The van der Waals surface area contributed by atoms with Gasteiger partial charge in [0.05, 0.1) is 5.69 Å². The lowest BCUT2D eigenvalue weighted by atomic mass is 10.1. The first-order chi connectivity index (χ1) is 9.24. The van der Waals surface area contributed by atoms with Gasteiger partial charge in [-0.1, -0.05) is 28.1 Å². The molecule has 3 rings (SSSR count). The third kappa shape index (κ3) is 2.67. The summed E-state index contributed by atoms with van der Waals surface area (Å²) in [5.41, 5.74) is 2.35. The molecule has 0 spiro atoms. The maximum atomic E-state index is 4.64. The van der Waals surface area contributed by atoms with Crippen molar-refractivity contribution >= 4 is 21.7 Å². The van der Waals surface area contributed by atoms with Gasteiger partial charge < -0.3 is 10.2 Å². The van der Waals surface area contributed by atoms with Gasteiger partial charge in [0.2, 0.25) is 0 Å². The Balaban J connectivity index is 1.90. The highest BCUT2D eigenvalue weighted by molar-refractivity contribution is 9.10. The minimum Gasteiger partial charge on any atom is -0.353 e. The van der Waals surface area contributed by atoms with Crippen LogP contribution in [0.5, 0.6) is 0 Å². The van der Waals surface area contributed by atoms with Crippen LogP contribution in [0, 0.1) is 0 Å². The van der Waals surface area contributed by atoms with E-state index in [1.807, 2.05) is 11.7 Å². The van der Waals surface area contributed by atoms with Crippen molar-refractivity contribution in [2.75, 3.05) is 31.1 Å². The molecule has 1 aliphatic heterocycles. The summed E-state index contributed by atoms with van der Waals surface area (Å²) in [4.78, 5) is 2.33. The van der Waals surface area contributed by atoms with E-state index in [0.29, 0.717) is 0 Å². The fourth-order valence-corrected chi connectivity index (χ4v) is 2.66. The summed E-state index contributed by atoms with van der Waals surface area (Å²) in [5, 5.41) is 8.00. The van der Waals surface area contributed by atoms with Crippen LogP contribution in [0.1, 0.15) is 0 Å². The van der Waals surface area contributed by atoms with E-state index in [1.165, 1.54) is 5.56 Å². The standard InChI is InChI=1S/C14H17BrN4/c1-18-13(11-2-4-12(15)5-3-11)10-14(17-18)19-8-6-16-7-9-19/h2-5,10,16H,6-9H2,1H3. The van der Waals surface area contributed by atoms with E-state index in [-0.39, 0.29) is 0 Å². The van der Waals surface area contributed by atoms with Gasteiger partial charge in [-0.3, -0.25) is 4.68 Å². The number of hydrogen-bond donors (Lipinski definition) is 1. The summed E-state index contributed by atoms with van der Waals surface area (Å²) in [6.45, 7) is 4.11. The van der Waals surface area contributed by atoms with Gasteiger partial charge in [-0.15, -0.1) is 0 Å². The average molecular weight is 321 g/mol. The van der Waals surface area contributed by atoms with E-state index in [0.717, 1.165) is 42.2 Å². The van der Waals surface area contributed by atoms with Crippen LogP contribution in [-0.4, -0.2) is 36.0 Å². The molecular weight excluding hydrogens is 304 g/mol. The molecule has 0 radical (unpaired) electrons. The summed E-state index contributed by atoms with van der Waals surface area (Å²) in [6, 6.07) is 10.5. The molecule has 0 saturated carbocycles. The number of anilines is 1. The van der Waals surface area contributed by atoms with Crippen LogP contribution < -0.4 is 10.2 Å². The van der Waals surface area contributed by atoms with Gasteiger partial charge in [0.15, 0.2) is 5.82 Å². The van der Waals surface area contributed by atoms with Crippen molar-refractivity contribution in [3.05, 3.63) is 34.8 Å². The van der Waals surface area contributed by atoms with Crippen molar-refractivity contribution in [2.24, 2.45) is 7.05 Å². The first-order valence-electron chi connectivity index (χ1n) is 6.50. The molecule has 1 saturated heterocycles. The van der Waals surface area contributed by atoms with Gasteiger partial charge in [-0.25, -0.2) is 0 Å². The molecule has 100 valence electrons. The van der Waals surface area contributed by atoms with Crippen molar-refractivity contribution in [2.45, 2.75) is 0 Å². The SMILES string of the molecule is Cn1nc(N2CCNCC2)cc1-c1ccc(Br)cc1. The van der Waals surface area contributed by atoms with Crippen LogP contribution in [0.3, 0.4) is 0 Å². The second-order valence-corrected chi connectivity index (χ2v) is 5.67. The summed E-state index contributed by atoms with van der Waals surface area (Å²) in [6.07, 6.45) is 0. The first kappa shape index (κ1) is 12.7. The highest BCUT2D eigenvalue weighted by atomic mass is 79.9. The first-order valence-corrected chi connectivity index (χ1v) is 7.29. The lowest BCUT2D eigenvalue weighted by Crippen LogP contribution is -2.43. The molecule has 5 heteroatoms. The number of rotatable bonds is 2. The van der Waals surface area contributed by atoms with Gasteiger partial charge >= 0.3 is 0 Å². The Kier molecular flexibility index (Phi) is 3.57. The molecule has 4 nitrogen and oxygen atoms in total. The van der Waals surface area contributed by atoms with Gasteiger partial charge in [0.1, 0.15) is 0 Å². The number of piperazine rings is 1. The Morgan fingerprint density at radius 1 is 1.16 bits per heavy atom. The molecule has 1 aromatic carbocycles. The molecule has 0 atom stereocenters.